The summed E-state index contributed by atoms with van der Waals surface area (Å²) in [5.74, 6) is 0.473. The fraction of sp³-hybridized carbons (Fsp3) is 0.385. The predicted molar refractivity (Wildman–Crippen MR) is 78.9 cm³/mol. The van der Waals surface area contributed by atoms with Crippen molar-refractivity contribution in [2.75, 3.05) is 33.8 Å². The minimum atomic E-state index is -0.492. The maximum Gasteiger partial charge on any atom is 0.321 e. The Hall–Kier alpha value is -1.60. The van der Waals surface area contributed by atoms with Crippen molar-refractivity contribution in [2.45, 2.75) is 0 Å². The standard InChI is InChI=1S/C13H18BrN3O3/c1-15-13(19)16-12(18)9-17(2)7-8-20-11-5-3-10(14)4-6-11/h3-6H,7-9H2,1-2H3,(H2,15,16,18,19)/p+1. The Balaban J connectivity index is 2.22. The minimum Gasteiger partial charge on any atom is -0.488 e. The van der Waals surface area contributed by atoms with Crippen LogP contribution < -0.4 is 20.3 Å². The highest BCUT2D eigenvalue weighted by Crippen LogP contribution is 2.15. The van der Waals surface area contributed by atoms with Gasteiger partial charge in [0.15, 0.2) is 6.54 Å². The lowest BCUT2D eigenvalue weighted by Crippen LogP contribution is -3.10. The van der Waals surface area contributed by atoms with E-state index >= 15 is 0 Å². The van der Waals surface area contributed by atoms with Gasteiger partial charge in [0, 0.05) is 11.5 Å². The average molecular weight is 345 g/mol. The smallest absolute Gasteiger partial charge is 0.321 e. The van der Waals surface area contributed by atoms with E-state index in [1.54, 1.807) is 0 Å². The molecule has 7 heteroatoms. The second-order valence-corrected chi connectivity index (χ2v) is 5.23. The monoisotopic (exact) mass is 344 g/mol. The van der Waals surface area contributed by atoms with Gasteiger partial charge in [-0.1, -0.05) is 15.9 Å². The largest absolute Gasteiger partial charge is 0.488 e. The molecular formula is C13H19BrN3O3+. The molecule has 0 aromatic heterocycles. The molecule has 1 aromatic carbocycles. The van der Waals surface area contributed by atoms with Gasteiger partial charge in [-0.2, -0.15) is 0 Å². The van der Waals surface area contributed by atoms with Crippen molar-refractivity contribution in [3.05, 3.63) is 28.7 Å². The van der Waals surface area contributed by atoms with Crippen molar-refractivity contribution in [2.24, 2.45) is 0 Å². The lowest BCUT2D eigenvalue weighted by atomic mass is 10.3. The summed E-state index contributed by atoms with van der Waals surface area (Å²) in [7, 11) is 3.33. The number of benzene rings is 1. The van der Waals surface area contributed by atoms with Crippen molar-refractivity contribution >= 4 is 27.9 Å². The number of rotatable bonds is 6. The second kappa shape index (κ2) is 8.55. The molecule has 1 atom stereocenters. The van der Waals surface area contributed by atoms with Crippen molar-refractivity contribution in [3.8, 4) is 5.75 Å². The summed E-state index contributed by atoms with van der Waals surface area (Å²) in [6.07, 6.45) is 0. The van der Waals surface area contributed by atoms with E-state index in [0.29, 0.717) is 13.2 Å². The fourth-order valence-corrected chi connectivity index (χ4v) is 1.73. The number of amides is 3. The summed E-state index contributed by atoms with van der Waals surface area (Å²) < 4.78 is 6.56. The zero-order chi connectivity index (χ0) is 15.0. The molecule has 0 aliphatic heterocycles. The quantitative estimate of drug-likeness (QED) is 0.669. The van der Waals surface area contributed by atoms with Crippen LogP contribution in [0.3, 0.4) is 0 Å². The molecule has 0 radical (unpaired) electrons. The first-order valence-corrected chi connectivity index (χ1v) is 7.02. The summed E-state index contributed by atoms with van der Waals surface area (Å²) in [5.41, 5.74) is 0. The predicted octanol–water partition coefficient (Wildman–Crippen LogP) is -0.202. The molecule has 0 bridgehead atoms. The number of urea groups is 1. The maximum absolute atomic E-state index is 11.5. The van der Waals surface area contributed by atoms with Crippen LogP contribution >= 0.6 is 15.9 Å². The zero-order valence-corrected chi connectivity index (χ0v) is 13.1. The SMILES string of the molecule is CNC(=O)NC(=O)C[NH+](C)CCOc1ccc(Br)cc1. The molecule has 0 fully saturated rings. The van der Waals surface area contributed by atoms with Gasteiger partial charge in [0.2, 0.25) is 0 Å². The summed E-state index contributed by atoms with van der Waals surface area (Å²) in [4.78, 5) is 23.4. The second-order valence-electron chi connectivity index (χ2n) is 4.31. The van der Waals surface area contributed by atoms with E-state index in [1.165, 1.54) is 7.05 Å². The molecule has 6 nitrogen and oxygen atoms in total. The third kappa shape index (κ3) is 6.53. The van der Waals surface area contributed by atoms with Crippen molar-refractivity contribution in [1.82, 2.24) is 10.6 Å². The number of quaternary nitrogens is 1. The van der Waals surface area contributed by atoms with Crippen molar-refractivity contribution < 1.29 is 19.2 Å². The molecule has 1 unspecified atom stereocenters. The number of hydrogen-bond donors (Lipinski definition) is 3. The first-order valence-electron chi connectivity index (χ1n) is 6.22. The number of imide groups is 1. The number of nitrogens with one attached hydrogen (secondary N) is 3. The lowest BCUT2D eigenvalue weighted by molar-refractivity contribution is -0.871. The first-order chi connectivity index (χ1) is 9.51. The molecule has 110 valence electrons. The zero-order valence-electron chi connectivity index (χ0n) is 11.5. The van der Waals surface area contributed by atoms with Crippen LogP contribution in [-0.2, 0) is 4.79 Å². The lowest BCUT2D eigenvalue weighted by Gasteiger charge is -2.14. The number of carbonyl (C=O) groups excluding carboxylic acids is 2. The third-order valence-electron chi connectivity index (χ3n) is 2.55. The van der Waals surface area contributed by atoms with Crippen LogP contribution in [0, 0.1) is 0 Å². The Morgan fingerprint density at radius 3 is 2.55 bits per heavy atom. The normalized spacial score (nSPS) is 11.6. The van der Waals surface area contributed by atoms with Gasteiger partial charge in [-0.25, -0.2) is 4.79 Å². The molecule has 0 spiro atoms. The van der Waals surface area contributed by atoms with Crippen LogP contribution in [0.15, 0.2) is 28.7 Å². The van der Waals surface area contributed by atoms with Gasteiger partial charge in [0.05, 0.1) is 7.05 Å². The molecule has 0 aliphatic rings. The molecule has 0 heterocycles. The van der Waals surface area contributed by atoms with E-state index in [4.69, 9.17) is 4.74 Å². The van der Waals surface area contributed by atoms with Crippen LogP contribution in [0.4, 0.5) is 4.79 Å². The van der Waals surface area contributed by atoms with Gasteiger partial charge in [-0.05, 0) is 24.3 Å². The summed E-state index contributed by atoms with van der Waals surface area (Å²) in [5, 5.41) is 4.55. The van der Waals surface area contributed by atoms with Gasteiger partial charge in [0.25, 0.3) is 5.91 Å². The van der Waals surface area contributed by atoms with Crippen molar-refractivity contribution in [3.63, 3.8) is 0 Å². The number of carbonyl (C=O) groups is 2. The van der Waals surface area contributed by atoms with E-state index in [-0.39, 0.29) is 12.5 Å². The van der Waals surface area contributed by atoms with Gasteiger partial charge >= 0.3 is 6.03 Å². The van der Waals surface area contributed by atoms with Gasteiger partial charge < -0.3 is 15.0 Å². The Bertz CT molecular complexity index is 451. The molecular weight excluding hydrogens is 326 g/mol. The van der Waals surface area contributed by atoms with E-state index in [0.717, 1.165) is 15.1 Å². The van der Waals surface area contributed by atoms with E-state index in [2.05, 4.69) is 26.6 Å². The molecule has 0 saturated heterocycles. The number of hydrogen-bond acceptors (Lipinski definition) is 3. The number of likely N-dealkylation sites (N-methyl/N-ethyl adjacent to an activating group) is 1. The van der Waals surface area contributed by atoms with Crippen LogP contribution in [0.5, 0.6) is 5.75 Å². The minimum absolute atomic E-state index is 0.219. The van der Waals surface area contributed by atoms with Crippen LogP contribution in [0.2, 0.25) is 0 Å². The highest BCUT2D eigenvalue weighted by atomic mass is 79.9. The molecule has 20 heavy (non-hydrogen) atoms. The van der Waals surface area contributed by atoms with E-state index < -0.39 is 6.03 Å². The van der Waals surface area contributed by atoms with Crippen LogP contribution in [0.1, 0.15) is 0 Å². The molecule has 0 saturated carbocycles. The first kappa shape index (κ1) is 16.5. The van der Waals surface area contributed by atoms with Gasteiger partial charge in [0.1, 0.15) is 18.9 Å². The topological polar surface area (TPSA) is 71.9 Å². The highest BCUT2D eigenvalue weighted by Gasteiger charge is 2.12. The Morgan fingerprint density at radius 1 is 1.30 bits per heavy atom. The van der Waals surface area contributed by atoms with E-state index in [1.807, 2.05) is 31.3 Å². The Kier molecular flexibility index (Phi) is 7.03. The number of halogens is 1. The average Bonchev–Trinajstić information content (AvgIpc) is 2.40. The number of ether oxygens (including phenoxy) is 1. The van der Waals surface area contributed by atoms with E-state index in [9.17, 15) is 9.59 Å². The van der Waals surface area contributed by atoms with Gasteiger partial charge in [-0.3, -0.25) is 10.1 Å². The molecule has 1 aromatic rings. The summed E-state index contributed by atoms with van der Waals surface area (Å²) in [6.45, 7) is 1.38. The molecule has 3 amide bonds. The Morgan fingerprint density at radius 2 is 1.95 bits per heavy atom. The van der Waals surface area contributed by atoms with Crippen molar-refractivity contribution in [1.29, 1.82) is 0 Å². The Labute approximate surface area is 126 Å². The highest BCUT2D eigenvalue weighted by molar-refractivity contribution is 9.10. The summed E-state index contributed by atoms with van der Waals surface area (Å²) >= 11 is 3.35. The fourth-order valence-electron chi connectivity index (χ4n) is 1.47. The van der Waals surface area contributed by atoms with Crippen LogP contribution in [0.25, 0.3) is 0 Å². The maximum atomic E-state index is 11.5. The summed E-state index contributed by atoms with van der Waals surface area (Å²) in [6, 6.07) is 7.06. The third-order valence-corrected chi connectivity index (χ3v) is 3.08. The molecule has 0 aliphatic carbocycles. The molecule has 1 rings (SSSR count). The van der Waals surface area contributed by atoms with Crippen LogP contribution in [-0.4, -0.2) is 45.7 Å². The van der Waals surface area contributed by atoms with Gasteiger partial charge in [-0.15, -0.1) is 0 Å². The molecule has 3 N–H and O–H groups in total.